The number of aryl methyl sites for hydroxylation is 1. The molecule has 6 nitrogen and oxygen atoms in total. The number of benzene rings is 1. The summed E-state index contributed by atoms with van der Waals surface area (Å²) in [5, 5.41) is 11.7. The average Bonchev–Trinajstić information content (AvgIpc) is 2.45. The zero-order chi connectivity index (χ0) is 14.1. The van der Waals surface area contributed by atoms with E-state index < -0.39 is 0 Å². The van der Waals surface area contributed by atoms with Crippen LogP contribution in [0.25, 0.3) is 11.3 Å². The predicted molar refractivity (Wildman–Crippen MR) is 71.0 cm³/mol. The minimum absolute atomic E-state index is 0.0253. The van der Waals surface area contributed by atoms with Crippen LogP contribution in [-0.4, -0.2) is 22.5 Å². The Morgan fingerprint density at radius 2 is 2.20 bits per heavy atom. The van der Waals surface area contributed by atoms with Gasteiger partial charge in [0.2, 0.25) is 0 Å². The molecule has 0 fully saturated rings. The SMILES string of the molecule is Cc1nc(C#N)cc(-c2ccc3c(c2)NC(=O)CO3)n1. The number of amides is 1. The summed E-state index contributed by atoms with van der Waals surface area (Å²) in [5.74, 6) is 0.961. The van der Waals surface area contributed by atoms with Gasteiger partial charge in [-0.3, -0.25) is 4.79 Å². The van der Waals surface area contributed by atoms with Gasteiger partial charge in [0.1, 0.15) is 23.3 Å². The number of fused-ring (bicyclic) bond motifs is 1. The smallest absolute Gasteiger partial charge is 0.262 e. The molecule has 1 amide bonds. The van der Waals surface area contributed by atoms with Crippen LogP contribution < -0.4 is 10.1 Å². The van der Waals surface area contributed by atoms with Gasteiger partial charge in [0.05, 0.1) is 11.4 Å². The lowest BCUT2D eigenvalue weighted by atomic mass is 10.1. The first-order valence-corrected chi connectivity index (χ1v) is 5.98. The van der Waals surface area contributed by atoms with Gasteiger partial charge in [0, 0.05) is 11.6 Å². The molecule has 3 rings (SSSR count). The summed E-state index contributed by atoms with van der Waals surface area (Å²) in [6.45, 7) is 1.76. The number of ether oxygens (including phenoxy) is 1. The van der Waals surface area contributed by atoms with Gasteiger partial charge in [0.25, 0.3) is 5.91 Å². The molecule has 0 atom stereocenters. The number of carbonyl (C=O) groups is 1. The summed E-state index contributed by atoms with van der Waals surface area (Å²) in [6.07, 6.45) is 0. The molecular formula is C14H10N4O2. The van der Waals surface area contributed by atoms with E-state index in [4.69, 9.17) is 10.00 Å². The Morgan fingerprint density at radius 1 is 1.35 bits per heavy atom. The first-order valence-electron chi connectivity index (χ1n) is 5.98. The Kier molecular flexibility index (Phi) is 2.80. The van der Waals surface area contributed by atoms with Crippen LogP contribution >= 0.6 is 0 Å². The number of rotatable bonds is 1. The number of nitriles is 1. The molecule has 1 aliphatic rings. The maximum absolute atomic E-state index is 11.3. The lowest BCUT2D eigenvalue weighted by Gasteiger charge is -2.18. The fraction of sp³-hybridized carbons (Fsp3) is 0.143. The Morgan fingerprint density at radius 3 is 3.00 bits per heavy atom. The molecule has 6 heteroatoms. The number of anilines is 1. The van der Waals surface area contributed by atoms with Crippen LogP contribution in [0.3, 0.4) is 0 Å². The number of aromatic nitrogens is 2. The topological polar surface area (TPSA) is 87.9 Å². The van der Waals surface area contributed by atoms with Gasteiger partial charge in [0.15, 0.2) is 6.61 Å². The van der Waals surface area contributed by atoms with Crippen LogP contribution in [0.15, 0.2) is 24.3 Å². The molecule has 2 heterocycles. The molecule has 1 aliphatic heterocycles. The average molecular weight is 266 g/mol. The number of nitrogens with zero attached hydrogens (tertiary/aromatic N) is 3. The third kappa shape index (κ3) is 2.17. The summed E-state index contributed by atoms with van der Waals surface area (Å²) in [6, 6.07) is 8.99. The van der Waals surface area contributed by atoms with E-state index in [0.29, 0.717) is 28.6 Å². The van der Waals surface area contributed by atoms with Gasteiger partial charge >= 0.3 is 0 Å². The molecule has 0 bridgehead atoms. The molecule has 0 spiro atoms. The standard InChI is InChI=1S/C14H10N4O2/c1-8-16-10(6-15)5-11(17-8)9-2-3-13-12(4-9)18-14(19)7-20-13/h2-5H,7H2,1H3,(H,18,19). The van der Waals surface area contributed by atoms with Crippen molar-refractivity contribution in [3.05, 3.63) is 35.8 Å². The maximum atomic E-state index is 11.3. The molecule has 1 aromatic heterocycles. The lowest BCUT2D eigenvalue weighted by Crippen LogP contribution is -2.25. The summed E-state index contributed by atoms with van der Waals surface area (Å²) in [5.41, 5.74) is 2.34. The summed E-state index contributed by atoms with van der Waals surface area (Å²) < 4.78 is 5.30. The van der Waals surface area contributed by atoms with Crippen LogP contribution in [0.2, 0.25) is 0 Å². The quantitative estimate of drug-likeness (QED) is 0.848. The molecule has 0 unspecified atom stereocenters. The van der Waals surface area contributed by atoms with Crippen LogP contribution in [0.5, 0.6) is 5.75 Å². The maximum Gasteiger partial charge on any atom is 0.262 e. The highest BCUT2D eigenvalue weighted by Gasteiger charge is 2.16. The van der Waals surface area contributed by atoms with E-state index in [2.05, 4.69) is 15.3 Å². The highest BCUT2D eigenvalue weighted by molar-refractivity contribution is 5.96. The summed E-state index contributed by atoms with van der Waals surface area (Å²) in [4.78, 5) is 19.6. The fourth-order valence-electron chi connectivity index (χ4n) is 2.02. The predicted octanol–water partition coefficient (Wildman–Crippen LogP) is 1.65. The number of hydrogen-bond acceptors (Lipinski definition) is 5. The van der Waals surface area contributed by atoms with Crippen LogP contribution in [0.4, 0.5) is 5.69 Å². The Balaban J connectivity index is 2.07. The molecular weight excluding hydrogens is 256 g/mol. The number of carbonyl (C=O) groups excluding carboxylic acids is 1. The van der Waals surface area contributed by atoms with Gasteiger partial charge in [-0.2, -0.15) is 5.26 Å². The van der Waals surface area contributed by atoms with E-state index in [1.54, 1.807) is 25.1 Å². The molecule has 98 valence electrons. The van der Waals surface area contributed by atoms with Gasteiger partial charge in [-0.15, -0.1) is 0 Å². The van der Waals surface area contributed by atoms with Gasteiger partial charge in [-0.05, 0) is 25.1 Å². The van der Waals surface area contributed by atoms with Crippen molar-refractivity contribution in [2.75, 3.05) is 11.9 Å². The van der Waals surface area contributed by atoms with Gasteiger partial charge in [-0.25, -0.2) is 9.97 Å². The molecule has 0 aliphatic carbocycles. The van der Waals surface area contributed by atoms with E-state index in [1.807, 2.05) is 12.1 Å². The first-order chi connectivity index (χ1) is 9.65. The van der Waals surface area contributed by atoms with Gasteiger partial charge in [-0.1, -0.05) is 0 Å². The Hall–Kier alpha value is -2.94. The number of nitrogens with one attached hydrogen (secondary N) is 1. The van der Waals surface area contributed by atoms with E-state index in [1.165, 1.54) is 0 Å². The van der Waals surface area contributed by atoms with Crippen molar-refractivity contribution < 1.29 is 9.53 Å². The molecule has 2 aromatic rings. The molecule has 1 N–H and O–H groups in total. The Bertz CT molecular complexity index is 749. The van der Waals surface area contributed by atoms with Crippen LogP contribution in [0.1, 0.15) is 11.5 Å². The monoisotopic (exact) mass is 266 g/mol. The normalized spacial score (nSPS) is 12.9. The third-order valence-corrected chi connectivity index (χ3v) is 2.86. The molecule has 20 heavy (non-hydrogen) atoms. The minimum Gasteiger partial charge on any atom is -0.482 e. The van der Waals surface area contributed by atoms with Crippen molar-refractivity contribution in [1.29, 1.82) is 5.26 Å². The largest absolute Gasteiger partial charge is 0.482 e. The number of hydrogen-bond donors (Lipinski definition) is 1. The van der Waals surface area contributed by atoms with Crippen molar-refractivity contribution in [2.45, 2.75) is 6.92 Å². The first kappa shape index (κ1) is 12.1. The van der Waals surface area contributed by atoms with Crippen LogP contribution in [0, 0.1) is 18.3 Å². The van der Waals surface area contributed by atoms with Gasteiger partial charge < -0.3 is 10.1 Å². The van der Waals surface area contributed by atoms with Crippen molar-refractivity contribution in [3.8, 4) is 23.1 Å². The Labute approximate surface area is 115 Å². The van der Waals surface area contributed by atoms with Crippen molar-refractivity contribution in [2.24, 2.45) is 0 Å². The lowest BCUT2D eigenvalue weighted by molar-refractivity contribution is -0.118. The van der Waals surface area contributed by atoms with E-state index in [9.17, 15) is 4.79 Å². The minimum atomic E-state index is -0.189. The molecule has 0 saturated heterocycles. The molecule has 1 aromatic carbocycles. The second-order valence-electron chi connectivity index (χ2n) is 4.35. The molecule has 0 saturated carbocycles. The van der Waals surface area contributed by atoms with E-state index in [0.717, 1.165) is 5.56 Å². The second kappa shape index (κ2) is 4.63. The van der Waals surface area contributed by atoms with E-state index >= 15 is 0 Å². The highest BCUT2D eigenvalue weighted by atomic mass is 16.5. The highest BCUT2D eigenvalue weighted by Crippen LogP contribution is 2.32. The summed E-state index contributed by atoms with van der Waals surface area (Å²) in [7, 11) is 0. The van der Waals surface area contributed by atoms with E-state index in [-0.39, 0.29) is 12.5 Å². The van der Waals surface area contributed by atoms with Crippen molar-refractivity contribution >= 4 is 11.6 Å². The van der Waals surface area contributed by atoms with Crippen LogP contribution in [-0.2, 0) is 4.79 Å². The zero-order valence-electron chi connectivity index (χ0n) is 10.7. The second-order valence-corrected chi connectivity index (χ2v) is 4.35. The van der Waals surface area contributed by atoms with Crippen molar-refractivity contribution in [1.82, 2.24) is 9.97 Å². The third-order valence-electron chi connectivity index (χ3n) is 2.86. The summed E-state index contributed by atoms with van der Waals surface area (Å²) >= 11 is 0. The molecule has 0 radical (unpaired) electrons. The fourth-order valence-corrected chi connectivity index (χ4v) is 2.02. The zero-order valence-corrected chi connectivity index (χ0v) is 10.7. The van der Waals surface area contributed by atoms with Crippen molar-refractivity contribution in [3.63, 3.8) is 0 Å².